The average molecular weight is 425 g/mol. The second-order valence-corrected chi connectivity index (χ2v) is 10.1. The van der Waals surface area contributed by atoms with E-state index in [0.717, 1.165) is 29.8 Å². The summed E-state index contributed by atoms with van der Waals surface area (Å²) < 4.78 is 32.0. The number of nitrogens with zero attached hydrogens (tertiary/aromatic N) is 6. The molecule has 0 atom stereocenters. The predicted octanol–water partition coefficient (Wildman–Crippen LogP) is -0.770. The molecule has 11 N–H and O–H groups in total. The van der Waals surface area contributed by atoms with Crippen LogP contribution in [-0.2, 0) is 34.3 Å². The fourth-order valence-electron chi connectivity index (χ4n) is 0.265. The average Bonchev–Trinajstić information content (AvgIpc) is 2.34. The van der Waals surface area contributed by atoms with Crippen LogP contribution < -0.4 is 18.5 Å². The first-order valence-corrected chi connectivity index (χ1v) is 9.85. The van der Waals surface area contributed by atoms with Gasteiger partial charge in [-0.3, -0.25) is 0 Å². The quantitative estimate of drug-likeness (QED) is 0.298. The molecule has 0 aromatic heterocycles. The van der Waals surface area contributed by atoms with Crippen LogP contribution in [0.1, 0.15) is 0 Å². The maximum atomic E-state index is 8.85. The predicted molar refractivity (Wildman–Crippen MR) is 54.6 cm³/mol. The number of hydrogen-bond acceptors (Lipinski definition) is 11. The summed E-state index contributed by atoms with van der Waals surface area (Å²) in [4.78, 5) is 6.19. The molecule has 0 bridgehead atoms. The number of nitriles is 6. The summed E-state index contributed by atoms with van der Waals surface area (Å²) in [6.07, 6.45) is 0. The molecule has 0 aliphatic rings. The monoisotopic (exact) mass is 427 g/mol. The van der Waals surface area contributed by atoms with E-state index in [0.29, 0.717) is 0 Å². The van der Waals surface area contributed by atoms with E-state index in [4.69, 9.17) is 45.9 Å². The molecular formula is C6H11FeMoN9O4. The molecule has 0 aliphatic carbocycles. The Morgan fingerprint density at radius 2 is 0.714 bits per heavy atom. The summed E-state index contributed by atoms with van der Waals surface area (Å²) in [5, 5.41) is 51.5. The fourth-order valence-corrected chi connectivity index (χ4v) is 1.09. The first-order valence-electron chi connectivity index (χ1n) is 3.10. The van der Waals surface area contributed by atoms with E-state index < -0.39 is 27.5 Å². The van der Waals surface area contributed by atoms with Crippen molar-refractivity contribution in [1.82, 2.24) is 18.5 Å². The third-order valence-electron chi connectivity index (χ3n) is 1.19. The Hall–Kier alpha value is -2.45. The Bertz CT molecular complexity index is 595. The molecule has 0 saturated heterocycles. The molecule has 0 aliphatic heterocycles. The van der Waals surface area contributed by atoms with Crippen molar-refractivity contribution in [2.75, 3.05) is 0 Å². The Labute approximate surface area is 121 Å². The Morgan fingerprint density at radius 3 is 0.714 bits per heavy atom. The van der Waals surface area contributed by atoms with E-state index in [2.05, 4.69) is 0 Å². The molecule has 0 fully saturated rings. The summed E-state index contributed by atoms with van der Waals surface area (Å²) in [5.74, 6) is 0. The summed E-state index contributed by atoms with van der Waals surface area (Å²) >= 11 is -5.52. The van der Waals surface area contributed by atoms with Crippen molar-refractivity contribution in [3.63, 3.8) is 0 Å². The first-order chi connectivity index (χ1) is 7.97. The maximum absolute atomic E-state index is 8.85. The summed E-state index contributed by atoms with van der Waals surface area (Å²) in [5.41, 5.74) is 0. The molecule has 0 unspecified atom stereocenters. The van der Waals surface area contributed by atoms with E-state index in [-0.39, 0.29) is 18.5 Å². The van der Waals surface area contributed by atoms with Gasteiger partial charge in [0.15, 0.2) is 0 Å². The zero-order valence-electron chi connectivity index (χ0n) is 10.3. The van der Waals surface area contributed by atoms with Crippen LogP contribution >= 0.6 is 0 Å². The topological polar surface area (TPSA) is 322 Å². The van der Waals surface area contributed by atoms with Gasteiger partial charge in [-0.05, 0) is 0 Å². The minimum atomic E-state index is -6.17. The van der Waals surface area contributed by atoms with Gasteiger partial charge in [-0.25, -0.2) is 0 Å². The molecule has 0 aromatic rings. The Morgan fingerprint density at radius 1 is 0.619 bits per heavy atom. The van der Waals surface area contributed by atoms with E-state index in [9.17, 15) is 0 Å². The van der Waals surface area contributed by atoms with Crippen LogP contribution in [0.5, 0.6) is 0 Å². The van der Waals surface area contributed by atoms with Crippen molar-refractivity contribution in [3.05, 3.63) is 0 Å². The van der Waals surface area contributed by atoms with Crippen molar-refractivity contribution in [1.29, 1.82) is 31.6 Å². The van der Waals surface area contributed by atoms with Gasteiger partial charge in [0.2, 0.25) is 0 Å². The van der Waals surface area contributed by atoms with Crippen LogP contribution in [0.25, 0.3) is 0 Å². The van der Waals surface area contributed by atoms with Crippen molar-refractivity contribution in [3.8, 4) is 29.8 Å². The molecule has 21 heavy (non-hydrogen) atoms. The molecule has 0 spiro atoms. The molecule has 0 radical (unpaired) electrons. The van der Waals surface area contributed by atoms with Crippen LogP contribution in [0.3, 0.4) is 0 Å². The molecule has 13 nitrogen and oxygen atoms in total. The van der Waals surface area contributed by atoms with Gasteiger partial charge in [-0.15, -0.1) is 0 Å². The first kappa shape index (κ1) is 31.1. The van der Waals surface area contributed by atoms with Crippen LogP contribution in [0.4, 0.5) is 0 Å². The second kappa shape index (κ2) is 7.97. The van der Waals surface area contributed by atoms with Gasteiger partial charge in [0.1, 0.15) is 0 Å². The van der Waals surface area contributed by atoms with E-state index in [1.807, 2.05) is 0 Å². The van der Waals surface area contributed by atoms with Gasteiger partial charge < -0.3 is 18.5 Å². The second-order valence-electron chi connectivity index (χ2n) is 2.25. The molecular weight excluding hydrogens is 414 g/mol. The van der Waals surface area contributed by atoms with Crippen LogP contribution in [0, 0.1) is 61.4 Å². The van der Waals surface area contributed by atoms with Crippen molar-refractivity contribution < 1.29 is 41.8 Å². The van der Waals surface area contributed by atoms with Crippen molar-refractivity contribution >= 4 is 0 Å². The van der Waals surface area contributed by atoms with E-state index in [1.165, 1.54) is 0 Å². The molecule has 0 saturated carbocycles. The molecule has 118 valence electrons. The number of rotatable bonds is 0. The zero-order chi connectivity index (χ0) is 15.2. The SMILES string of the molecule is N.N.N.N#[C][Fe]([C]#N)([C]#N)([C]#N)([C]#N)[C]#N.[O]=[Mo](=[O])([OH])[OH]. The summed E-state index contributed by atoms with van der Waals surface area (Å²) in [6.45, 7) is 0. The standard InChI is InChI=1S/6CN.Fe.Mo.3H3N.2H2O.2O/c6*1-2;;;;;;;;;/h;;;;;;;;3*1H3;2*1H2;;/q;;;;;;;+2;;;;;;;/p-2. The van der Waals surface area contributed by atoms with Gasteiger partial charge in [-0.1, -0.05) is 0 Å². The van der Waals surface area contributed by atoms with Crippen molar-refractivity contribution in [2.24, 2.45) is 0 Å². The summed E-state index contributed by atoms with van der Waals surface area (Å²) in [6, 6.07) is 0. The van der Waals surface area contributed by atoms with Gasteiger partial charge in [0.25, 0.3) is 0 Å². The fraction of sp³-hybridized carbons (Fsp3) is 0. The normalized spacial score (nSPS) is 11.0. The third-order valence-corrected chi connectivity index (χ3v) is 4.89. The van der Waals surface area contributed by atoms with E-state index in [1.54, 1.807) is 0 Å². The van der Waals surface area contributed by atoms with Gasteiger partial charge in [-0.2, -0.15) is 0 Å². The Balaban J connectivity index is -0.0000000933. The number of hydrogen-bond donors (Lipinski definition) is 5. The molecule has 0 aromatic carbocycles. The van der Waals surface area contributed by atoms with Gasteiger partial charge in [0, 0.05) is 0 Å². The summed E-state index contributed by atoms with van der Waals surface area (Å²) in [7, 11) is -6.17. The molecule has 0 rings (SSSR count). The van der Waals surface area contributed by atoms with Crippen LogP contribution in [-0.4, -0.2) is 7.52 Å². The molecule has 15 heteroatoms. The molecule has 0 heterocycles. The minimum absolute atomic E-state index is 0. The third kappa shape index (κ3) is 5.59. The molecule has 0 amide bonds. The van der Waals surface area contributed by atoms with Crippen LogP contribution in [0.2, 0.25) is 0 Å². The van der Waals surface area contributed by atoms with Crippen LogP contribution in [0.15, 0.2) is 0 Å². The zero-order valence-corrected chi connectivity index (χ0v) is 13.4. The van der Waals surface area contributed by atoms with Gasteiger partial charge in [0.05, 0.1) is 0 Å². The van der Waals surface area contributed by atoms with E-state index >= 15 is 0 Å². The van der Waals surface area contributed by atoms with Gasteiger partial charge >= 0.3 is 103 Å². The van der Waals surface area contributed by atoms with Crippen molar-refractivity contribution in [2.45, 2.75) is 0 Å². The Kier molecular flexibility index (Phi) is 11.8.